The molecule has 2 aromatic rings. The molecule has 0 saturated carbocycles. The van der Waals surface area contributed by atoms with Crippen molar-refractivity contribution in [1.82, 2.24) is 14.9 Å². The molecule has 9 heteroatoms. The van der Waals surface area contributed by atoms with E-state index in [9.17, 15) is 13.5 Å². The third-order valence-electron chi connectivity index (χ3n) is 2.51. The van der Waals surface area contributed by atoms with Crippen molar-refractivity contribution in [3.8, 4) is 5.75 Å². The van der Waals surface area contributed by atoms with Crippen molar-refractivity contribution < 1.29 is 18.0 Å². The van der Waals surface area contributed by atoms with E-state index in [1.807, 2.05) is 0 Å². The summed E-state index contributed by atoms with van der Waals surface area (Å²) in [5.74, 6) is 0.690. The van der Waals surface area contributed by atoms with Gasteiger partial charge in [-0.3, -0.25) is 0 Å². The molecule has 0 bridgehead atoms. The standard InChI is InChI=1S/C11H14N4O4S/c1-7-14-11(19-15-7)4-5-13-20(17,18)8-2-3-10(16)9(12)6-8/h2-3,6,13,16H,4-5,12H2,1H3. The molecule has 0 aliphatic heterocycles. The lowest BCUT2D eigenvalue weighted by atomic mass is 10.3. The van der Waals surface area contributed by atoms with Crippen molar-refractivity contribution in [3.05, 3.63) is 29.9 Å². The molecule has 1 aromatic heterocycles. The summed E-state index contributed by atoms with van der Waals surface area (Å²) in [6.07, 6.45) is 0.285. The van der Waals surface area contributed by atoms with E-state index in [1.165, 1.54) is 18.2 Å². The zero-order valence-electron chi connectivity index (χ0n) is 10.7. The van der Waals surface area contributed by atoms with Crippen LogP contribution in [0, 0.1) is 6.92 Å². The first-order chi connectivity index (χ1) is 9.38. The van der Waals surface area contributed by atoms with Crippen LogP contribution in [0.3, 0.4) is 0 Å². The van der Waals surface area contributed by atoms with Crippen molar-refractivity contribution in [2.75, 3.05) is 12.3 Å². The number of phenolic OH excluding ortho intramolecular Hbond substituents is 1. The molecule has 0 aliphatic rings. The molecule has 0 amide bonds. The summed E-state index contributed by atoms with van der Waals surface area (Å²) in [5, 5.41) is 12.9. The number of aromatic hydroxyl groups is 1. The lowest BCUT2D eigenvalue weighted by Crippen LogP contribution is -2.26. The van der Waals surface area contributed by atoms with Crippen LogP contribution in [0.2, 0.25) is 0 Å². The molecule has 0 fully saturated rings. The number of nitrogen functional groups attached to an aromatic ring is 1. The summed E-state index contributed by atoms with van der Waals surface area (Å²) >= 11 is 0. The van der Waals surface area contributed by atoms with Crippen LogP contribution < -0.4 is 10.5 Å². The number of hydrogen-bond acceptors (Lipinski definition) is 7. The quantitative estimate of drug-likeness (QED) is 0.530. The number of benzene rings is 1. The van der Waals surface area contributed by atoms with Gasteiger partial charge in [0, 0.05) is 13.0 Å². The molecule has 4 N–H and O–H groups in total. The molecule has 2 rings (SSSR count). The van der Waals surface area contributed by atoms with Crippen LogP contribution in [-0.2, 0) is 16.4 Å². The van der Waals surface area contributed by atoms with Crippen LogP contribution in [0.25, 0.3) is 0 Å². The molecule has 0 aliphatic carbocycles. The molecule has 108 valence electrons. The molecule has 20 heavy (non-hydrogen) atoms. The van der Waals surface area contributed by atoms with Crippen LogP contribution in [-0.4, -0.2) is 30.2 Å². The smallest absolute Gasteiger partial charge is 0.240 e. The van der Waals surface area contributed by atoms with Gasteiger partial charge in [-0.05, 0) is 25.1 Å². The van der Waals surface area contributed by atoms with E-state index in [-0.39, 0.29) is 29.3 Å². The molecular weight excluding hydrogens is 284 g/mol. The summed E-state index contributed by atoms with van der Waals surface area (Å²) in [6, 6.07) is 3.69. The monoisotopic (exact) mass is 298 g/mol. The Hall–Kier alpha value is -2.13. The van der Waals surface area contributed by atoms with Gasteiger partial charge in [-0.1, -0.05) is 5.16 Å². The zero-order chi connectivity index (χ0) is 14.8. The number of aryl methyl sites for hydroxylation is 1. The van der Waals surface area contributed by atoms with E-state index in [2.05, 4.69) is 14.9 Å². The second-order valence-electron chi connectivity index (χ2n) is 4.10. The summed E-state index contributed by atoms with van der Waals surface area (Å²) in [7, 11) is -3.69. The largest absolute Gasteiger partial charge is 0.506 e. The summed E-state index contributed by atoms with van der Waals surface area (Å²) in [6.45, 7) is 1.79. The first-order valence-electron chi connectivity index (χ1n) is 5.76. The predicted molar refractivity (Wildman–Crippen MR) is 70.4 cm³/mol. The van der Waals surface area contributed by atoms with Crippen LogP contribution in [0.15, 0.2) is 27.6 Å². The fraction of sp³-hybridized carbons (Fsp3) is 0.273. The minimum Gasteiger partial charge on any atom is -0.506 e. The molecule has 0 unspecified atom stereocenters. The highest BCUT2D eigenvalue weighted by atomic mass is 32.2. The second-order valence-corrected chi connectivity index (χ2v) is 5.87. The average molecular weight is 298 g/mol. The van der Waals surface area contributed by atoms with Gasteiger partial charge in [-0.25, -0.2) is 13.1 Å². The third kappa shape index (κ3) is 3.25. The Bertz CT molecular complexity index is 711. The Morgan fingerprint density at radius 3 is 2.80 bits per heavy atom. The van der Waals surface area contributed by atoms with E-state index in [0.717, 1.165) is 0 Å². The van der Waals surface area contributed by atoms with Crippen LogP contribution in [0.5, 0.6) is 5.75 Å². The van der Waals surface area contributed by atoms with Crippen LogP contribution in [0.4, 0.5) is 5.69 Å². The molecule has 8 nitrogen and oxygen atoms in total. The number of anilines is 1. The Labute approximate surface area is 115 Å². The topological polar surface area (TPSA) is 131 Å². The first kappa shape index (κ1) is 14.3. The second kappa shape index (κ2) is 5.47. The van der Waals surface area contributed by atoms with E-state index >= 15 is 0 Å². The van der Waals surface area contributed by atoms with Gasteiger partial charge >= 0.3 is 0 Å². The van der Waals surface area contributed by atoms with E-state index in [4.69, 9.17) is 10.3 Å². The minimum absolute atomic E-state index is 0.000371. The number of nitrogens with zero attached hydrogens (tertiary/aromatic N) is 2. The summed E-state index contributed by atoms with van der Waals surface area (Å²) < 4.78 is 31.2. The minimum atomic E-state index is -3.69. The molecule has 0 saturated heterocycles. The van der Waals surface area contributed by atoms with Gasteiger partial charge in [0.1, 0.15) is 5.75 Å². The Morgan fingerprint density at radius 1 is 1.45 bits per heavy atom. The van der Waals surface area contributed by atoms with Gasteiger partial charge in [-0.15, -0.1) is 0 Å². The van der Waals surface area contributed by atoms with E-state index < -0.39 is 10.0 Å². The Morgan fingerprint density at radius 2 is 2.20 bits per heavy atom. The SMILES string of the molecule is Cc1noc(CCNS(=O)(=O)c2ccc(O)c(N)c2)n1. The molecule has 1 aromatic carbocycles. The third-order valence-corrected chi connectivity index (χ3v) is 3.97. The number of aromatic nitrogens is 2. The number of nitrogens with two attached hydrogens (primary N) is 1. The van der Waals surface area contributed by atoms with Gasteiger partial charge in [0.2, 0.25) is 15.9 Å². The van der Waals surface area contributed by atoms with Crippen LogP contribution in [0.1, 0.15) is 11.7 Å². The lowest BCUT2D eigenvalue weighted by molar-refractivity contribution is 0.375. The number of phenols is 1. The van der Waals surface area contributed by atoms with Crippen molar-refractivity contribution in [2.24, 2.45) is 0 Å². The van der Waals surface area contributed by atoms with E-state index in [0.29, 0.717) is 11.7 Å². The Balaban J connectivity index is 2.02. The molecule has 1 heterocycles. The van der Waals surface area contributed by atoms with E-state index in [1.54, 1.807) is 6.92 Å². The highest BCUT2D eigenvalue weighted by molar-refractivity contribution is 7.89. The van der Waals surface area contributed by atoms with Gasteiger partial charge in [0.15, 0.2) is 5.82 Å². The highest BCUT2D eigenvalue weighted by Gasteiger charge is 2.15. The van der Waals surface area contributed by atoms with Crippen molar-refractivity contribution in [3.63, 3.8) is 0 Å². The summed E-state index contributed by atoms with van der Waals surface area (Å²) in [5.41, 5.74) is 5.46. The molecule has 0 spiro atoms. The summed E-state index contributed by atoms with van der Waals surface area (Å²) in [4.78, 5) is 3.94. The maximum absolute atomic E-state index is 12.0. The highest BCUT2D eigenvalue weighted by Crippen LogP contribution is 2.22. The van der Waals surface area contributed by atoms with Gasteiger partial charge in [-0.2, -0.15) is 4.98 Å². The molecule has 0 radical (unpaired) electrons. The maximum Gasteiger partial charge on any atom is 0.240 e. The average Bonchev–Trinajstić information content (AvgIpc) is 2.78. The van der Waals surface area contributed by atoms with Crippen molar-refractivity contribution in [2.45, 2.75) is 18.2 Å². The number of nitrogens with one attached hydrogen (secondary N) is 1. The fourth-order valence-electron chi connectivity index (χ4n) is 1.52. The lowest BCUT2D eigenvalue weighted by Gasteiger charge is -2.07. The van der Waals surface area contributed by atoms with Gasteiger partial charge in [0.05, 0.1) is 10.6 Å². The predicted octanol–water partition coefficient (Wildman–Crippen LogP) is 0.187. The first-order valence-corrected chi connectivity index (χ1v) is 7.24. The fourth-order valence-corrected chi connectivity index (χ4v) is 2.58. The molecular formula is C11H14N4O4S. The number of rotatable bonds is 5. The normalized spacial score (nSPS) is 11.7. The van der Waals surface area contributed by atoms with Gasteiger partial charge in [0.25, 0.3) is 0 Å². The van der Waals surface area contributed by atoms with Crippen molar-refractivity contribution >= 4 is 15.7 Å². The van der Waals surface area contributed by atoms with Crippen LogP contribution >= 0.6 is 0 Å². The zero-order valence-corrected chi connectivity index (χ0v) is 11.5. The number of hydrogen-bond donors (Lipinski definition) is 3. The maximum atomic E-state index is 12.0. The molecule has 0 atom stereocenters. The Kier molecular flexibility index (Phi) is 3.91. The number of sulfonamides is 1. The van der Waals surface area contributed by atoms with Gasteiger partial charge < -0.3 is 15.4 Å². The van der Waals surface area contributed by atoms with Crippen molar-refractivity contribution in [1.29, 1.82) is 0 Å².